The molecule has 2 aromatic rings. The third kappa shape index (κ3) is 5.77. The van der Waals surface area contributed by atoms with Crippen molar-refractivity contribution in [3.8, 4) is 0 Å². The van der Waals surface area contributed by atoms with E-state index in [-0.39, 0.29) is 24.5 Å². The standard InChI is InChI=1S/C24H30N2O2/c1-18-5-10-22(15-19(18)2)23(27)11-12-24(28)25-16-20-6-8-21(9-7-20)17-26-13-3-4-14-26/h5-10,15H,3-4,11-14,16-17H2,1-2H3,(H,25,28)/p+1. The van der Waals surface area contributed by atoms with Crippen LogP contribution in [0.15, 0.2) is 42.5 Å². The first-order chi connectivity index (χ1) is 13.5. The molecule has 0 atom stereocenters. The fourth-order valence-corrected chi connectivity index (χ4v) is 3.69. The number of likely N-dealkylation sites (tertiary alicyclic amines) is 1. The lowest BCUT2D eigenvalue weighted by Crippen LogP contribution is -3.08. The number of hydrogen-bond acceptors (Lipinski definition) is 2. The van der Waals surface area contributed by atoms with Crippen LogP contribution in [0.4, 0.5) is 0 Å². The minimum Gasteiger partial charge on any atom is -0.352 e. The number of carbonyl (C=O) groups excluding carboxylic acids is 2. The summed E-state index contributed by atoms with van der Waals surface area (Å²) >= 11 is 0. The van der Waals surface area contributed by atoms with E-state index < -0.39 is 0 Å². The van der Waals surface area contributed by atoms with Crippen LogP contribution in [0.3, 0.4) is 0 Å². The predicted octanol–water partition coefficient (Wildman–Crippen LogP) is 2.76. The molecule has 1 aliphatic heterocycles. The van der Waals surface area contributed by atoms with Gasteiger partial charge in [0, 0.05) is 43.4 Å². The fraction of sp³-hybridized carbons (Fsp3) is 0.417. The van der Waals surface area contributed by atoms with Gasteiger partial charge in [0.05, 0.1) is 13.1 Å². The SMILES string of the molecule is Cc1ccc(C(=O)CCC(=O)NCc2ccc(C[NH+]3CCCC3)cc2)cc1C. The van der Waals surface area contributed by atoms with Crippen molar-refractivity contribution in [3.63, 3.8) is 0 Å². The first-order valence-electron chi connectivity index (χ1n) is 10.3. The summed E-state index contributed by atoms with van der Waals surface area (Å²) in [5.74, 6) is -0.0604. The normalized spacial score (nSPS) is 14.2. The van der Waals surface area contributed by atoms with Crippen LogP contribution in [0.1, 0.15) is 58.3 Å². The molecule has 0 bridgehead atoms. The summed E-state index contributed by atoms with van der Waals surface area (Å²) in [5.41, 5.74) is 5.40. The second-order valence-electron chi connectivity index (χ2n) is 7.95. The van der Waals surface area contributed by atoms with Gasteiger partial charge in [0.1, 0.15) is 6.54 Å². The van der Waals surface area contributed by atoms with Crippen LogP contribution in [0.5, 0.6) is 0 Å². The Labute approximate surface area is 167 Å². The molecular weight excluding hydrogens is 348 g/mol. The number of rotatable bonds is 8. The van der Waals surface area contributed by atoms with Crippen LogP contribution >= 0.6 is 0 Å². The third-order valence-corrected chi connectivity index (χ3v) is 5.69. The second-order valence-corrected chi connectivity index (χ2v) is 7.95. The van der Waals surface area contributed by atoms with Crippen LogP contribution < -0.4 is 10.2 Å². The Kier molecular flexibility index (Phi) is 6.99. The maximum absolute atomic E-state index is 12.3. The van der Waals surface area contributed by atoms with E-state index in [0.717, 1.165) is 17.7 Å². The maximum Gasteiger partial charge on any atom is 0.220 e. The molecule has 0 radical (unpaired) electrons. The number of Topliss-reactive ketones (excluding diaryl/α,β-unsaturated/α-hetero) is 1. The minimum absolute atomic E-state index is 0.0204. The van der Waals surface area contributed by atoms with Crippen LogP contribution in [0, 0.1) is 13.8 Å². The van der Waals surface area contributed by atoms with E-state index in [1.807, 2.05) is 32.0 Å². The molecule has 2 aromatic carbocycles. The van der Waals surface area contributed by atoms with E-state index in [1.54, 1.807) is 4.90 Å². The Morgan fingerprint density at radius 3 is 2.25 bits per heavy atom. The molecule has 0 aromatic heterocycles. The number of amides is 1. The Balaban J connectivity index is 1.41. The van der Waals surface area contributed by atoms with E-state index in [9.17, 15) is 9.59 Å². The number of nitrogens with one attached hydrogen (secondary N) is 2. The van der Waals surface area contributed by atoms with Gasteiger partial charge in [-0.05, 0) is 36.6 Å². The summed E-state index contributed by atoms with van der Waals surface area (Å²) in [5, 5.41) is 2.92. The summed E-state index contributed by atoms with van der Waals surface area (Å²) < 4.78 is 0. The van der Waals surface area contributed by atoms with Gasteiger partial charge in [-0.15, -0.1) is 0 Å². The number of ketones is 1. The molecule has 1 fully saturated rings. The summed E-state index contributed by atoms with van der Waals surface area (Å²) in [6.45, 7) is 8.17. The van der Waals surface area contributed by atoms with Gasteiger partial charge >= 0.3 is 0 Å². The maximum atomic E-state index is 12.3. The van der Waals surface area contributed by atoms with Gasteiger partial charge in [-0.25, -0.2) is 0 Å². The van der Waals surface area contributed by atoms with Gasteiger partial charge < -0.3 is 10.2 Å². The molecular formula is C24H31N2O2+. The highest BCUT2D eigenvalue weighted by molar-refractivity contribution is 5.98. The lowest BCUT2D eigenvalue weighted by Gasteiger charge is -2.12. The zero-order chi connectivity index (χ0) is 19.9. The summed E-state index contributed by atoms with van der Waals surface area (Å²) in [6, 6.07) is 14.2. The van der Waals surface area contributed by atoms with Crippen molar-refractivity contribution in [3.05, 3.63) is 70.3 Å². The molecule has 1 aliphatic rings. The lowest BCUT2D eigenvalue weighted by atomic mass is 10.0. The number of benzene rings is 2. The summed E-state index contributed by atoms with van der Waals surface area (Å²) in [4.78, 5) is 26.0. The smallest absolute Gasteiger partial charge is 0.220 e. The number of carbonyl (C=O) groups is 2. The molecule has 3 rings (SSSR count). The average molecular weight is 380 g/mol. The fourth-order valence-electron chi connectivity index (χ4n) is 3.69. The molecule has 28 heavy (non-hydrogen) atoms. The van der Waals surface area contributed by atoms with Gasteiger partial charge in [0.15, 0.2) is 5.78 Å². The van der Waals surface area contributed by atoms with Crippen molar-refractivity contribution < 1.29 is 14.5 Å². The Hall–Kier alpha value is -2.46. The van der Waals surface area contributed by atoms with E-state index in [1.165, 1.54) is 37.1 Å². The quantitative estimate of drug-likeness (QED) is 0.693. The lowest BCUT2D eigenvalue weighted by molar-refractivity contribution is -0.901. The molecule has 1 heterocycles. The monoisotopic (exact) mass is 379 g/mol. The minimum atomic E-state index is -0.0808. The van der Waals surface area contributed by atoms with E-state index in [2.05, 4.69) is 29.6 Å². The van der Waals surface area contributed by atoms with Gasteiger partial charge in [-0.2, -0.15) is 0 Å². The van der Waals surface area contributed by atoms with Crippen molar-refractivity contribution in [1.29, 1.82) is 0 Å². The topological polar surface area (TPSA) is 50.6 Å². The van der Waals surface area contributed by atoms with Crippen molar-refractivity contribution in [2.24, 2.45) is 0 Å². The molecule has 148 valence electrons. The van der Waals surface area contributed by atoms with Crippen LogP contribution in [-0.2, 0) is 17.9 Å². The van der Waals surface area contributed by atoms with Gasteiger partial charge in [0.25, 0.3) is 0 Å². The van der Waals surface area contributed by atoms with Gasteiger partial charge in [0.2, 0.25) is 5.91 Å². The highest BCUT2D eigenvalue weighted by Crippen LogP contribution is 2.12. The van der Waals surface area contributed by atoms with Crippen molar-refractivity contribution in [1.82, 2.24) is 5.32 Å². The largest absolute Gasteiger partial charge is 0.352 e. The molecule has 2 N–H and O–H groups in total. The second kappa shape index (κ2) is 9.65. The zero-order valence-corrected chi connectivity index (χ0v) is 17.0. The average Bonchev–Trinajstić information content (AvgIpc) is 3.20. The Morgan fingerprint density at radius 1 is 0.893 bits per heavy atom. The molecule has 0 spiro atoms. The number of hydrogen-bond donors (Lipinski definition) is 2. The predicted molar refractivity (Wildman–Crippen MR) is 111 cm³/mol. The molecule has 0 unspecified atom stereocenters. The number of aryl methyl sites for hydroxylation is 2. The zero-order valence-electron chi connectivity index (χ0n) is 17.0. The van der Waals surface area contributed by atoms with Crippen LogP contribution in [0.2, 0.25) is 0 Å². The highest BCUT2D eigenvalue weighted by Gasteiger charge is 2.15. The summed E-state index contributed by atoms with van der Waals surface area (Å²) in [6.07, 6.45) is 3.14. The van der Waals surface area contributed by atoms with Crippen LogP contribution in [-0.4, -0.2) is 24.8 Å². The Bertz CT molecular complexity index is 821. The molecule has 0 aliphatic carbocycles. The van der Waals surface area contributed by atoms with Crippen LogP contribution in [0.25, 0.3) is 0 Å². The highest BCUT2D eigenvalue weighted by atomic mass is 16.2. The molecule has 0 saturated carbocycles. The van der Waals surface area contributed by atoms with E-state index in [4.69, 9.17) is 0 Å². The summed E-state index contributed by atoms with van der Waals surface area (Å²) in [7, 11) is 0. The van der Waals surface area contributed by atoms with Gasteiger partial charge in [-0.1, -0.05) is 36.4 Å². The third-order valence-electron chi connectivity index (χ3n) is 5.69. The first-order valence-corrected chi connectivity index (χ1v) is 10.3. The van der Waals surface area contributed by atoms with Gasteiger partial charge in [-0.3, -0.25) is 9.59 Å². The molecule has 1 saturated heterocycles. The van der Waals surface area contributed by atoms with Crippen molar-refractivity contribution >= 4 is 11.7 Å². The van der Waals surface area contributed by atoms with Crippen molar-refractivity contribution in [2.75, 3.05) is 13.1 Å². The van der Waals surface area contributed by atoms with Crippen molar-refractivity contribution in [2.45, 2.75) is 52.6 Å². The van der Waals surface area contributed by atoms with E-state index >= 15 is 0 Å². The molecule has 4 nitrogen and oxygen atoms in total. The first kappa shape index (κ1) is 20.3. The molecule has 1 amide bonds. The molecule has 4 heteroatoms. The Morgan fingerprint density at radius 2 is 1.57 bits per heavy atom. The number of quaternary nitrogens is 1. The van der Waals surface area contributed by atoms with E-state index in [0.29, 0.717) is 12.1 Å².